The molecule has 0 saturated heterocycles. The molecule has 31 heavy (non-hydrogen) atoms. The Morgan fingerprint density at radius 3 is 2.35 bits per heavy atom. The number of halogens is 3. The number of hydrogen-bond acceptors (Lipinski definition) is 4. The Kier molecular flexibility index (Phi) is 8.18. The first kappa shape index (κ1) is 23.9. The fraction of sp³-hybridized carbons (Fsp3) is 0.318. The van der Waals surface area contributed by atoms with E-state index in [0.717, 1.165) is 23.3 Å². The molecule has 2 N–H and O–H groups in total. The standard InChI is InChI=1S/C22H23F3N2O4/c1-14-9-10-18(15(2)11-14)27-20(29)13-31-21(30)8-4-7-19(28)26-17-6-3-5-16(12-17)22(23,24)25/h3,5-6,9-12H,4,7-8,13H2,1-2H3,(H,26,28)(H,27,29). The van der Waals surface area contributed by atoms with E-state index in [4.69, 9.17) is 4.74 Å². The van der Waals surface area contributed by atoms with Crippen molar-refractivity contribution in [3.05, 3.63) is 59.2 Å². The molecule has 166 valence electrons. The van der Waals surface area contributed by atoms with Crippen LogP contribution in [0.15, 0.2) is 42.5 Å². The first-order chi connectivity index (χ1) is 14.5. The van der Waals surface area contributed by atoms with Crippen molar-refractivity contribution >= 4 is 29.2 Å². The number of benzene rings is 2. The smallest absolute Gasteiger partial charge is 0.416 e. The van der Waals surface area contributed by atoms with E-state index in [0.29, 0.717) is 5.69 Å². The summed E-state index contributed by atoms with van der Waals surface area (Å²) in [5.41, 5.74) is 1.71. The molecule has 0 aromatic heterocycles. The Balaban J connectivity index is 1.69. The number of rotatable bonds is 8. The van der Waals surface area contributed by atoms with Crippen molar-refractivity contribution in [1.29, 1.82) is 0 Å². The molecule has 0 bridgehead atoms. The lowest BCUT2D eigenvalue weighted by molar-refractivity contribution is -0.147. The predicted molar refractivity (Wildman–Crippen MR) is 109 cm³/mol. The van der Waals surface area contributed by atoms with Gasteiger partial charge >= 0.3 is 12.1 Å². The Morgan fingerprint density at radius 2 is 1.68 bits per heavy atom. The minimum absolute atomic E-state index is 0.0190. The first-order valence-electron chi connectivity index (χ1n) is 9.54. The van der Waals surface area contributed by atoms with Crippen molar-refractivity contribution in [2.75, 3.05) is 17.2 Å². The topological polar surface area (TPSA) is 84.5 Å². The zero-order valence-corrected chi connectivity index (χ0v) is 17.1. The molecule has 0 saturated carbocycles. The van der Waals surface area contributed by atoms with Gasteiger partial charge in [0.15, 0.2) is 6.61 Å². The highest BCUT2D eigenvalue weighted by molar-refractivity contribution is 5.93. The fourth-order valence-corrected chi connectivity index (χ4v) is 2.75. The molecule has 6 nitrogen and oxygen atoms in total. The number of esters is 1. The van der Waals surface area contributed by atoms with E-state index in [2.05, 4.69) is 10.6 Å². The highest BCUT2D eigenvalue weighted by atomic mass is 19.4. The van der Waals surface area contributed by atoms with Crippen LogP contribution in [0.5, 0.6) is 0 Å². The lowest BCUT2D eigenvalue weighted by atomic mass is 10.1. The third-order valence-electron chi connectivity index (χ3n) is 4.28. The van der Waals surface area contributed by atoms with Crippen LogP contribution in [0.3, 0.4) is 0 Å². The number of aryl methyl sites for hydroxylation is 2. The minimum atomic E-state index is -4.51. The van der Waals surface area contributed by atoms with Crippen LogP contribution in [-0.2, 0) is 25.3 Å². The zero-order valence-electron chi connectivity index (χ0n) is 17.1. The Labute approximate surface area is 177 Å². The largest absolute Gasteiger partial charge is 0.456 e. The molecule has 0 heterocycles. The third-order valence-corrected chi connectivity index (χ3v) is 4.28. The van der Waals surface area contributed by atoms with Gasteiger partial charge in [-0.3, -0.25) is 14.4 Å². The summed E-state index contributed by atoms with van der Waals surface area (Å²) in [4.78, 5) is 35.5. The zero-order chi connectivity index (χ0) is 23.0. The van der Waals surface area contributed by atoms with Gasteiger partial charge in [-0.1, -0.05) is 23.8 Å². The van der Waals surface area contributed by atoms with Gasteiger partial charge < -0.3 is 15.4 Å². The van der Waals surface area contributed by atoms with Crippen molar-refractivity contribution < 1.29 is 32.3 Å². The average Bonchev–Trinajstić information content (AvgIpc) is 2.68. The number of ether oxygens (including phenoxy) is 1. The van der Waals surface area contributed by atoms with Crippen molar-refractivity contribution in [2.45, 2.75) is 39.3 Å². The van der Waals surface area contributed by atoms with Gasteiger partial charge in [-0.15, -0.1) is 0 Å². The Hall–Kier alpha value is -3.36. The number of carbonyl (C=O) groups excluding carboxylic acids is 3. The van der Waals surface area contributed by atoms with Crippen molar-refractivity contribution in [3.8, 4) is 0 Å². The maximum atomic E-state index is 12.7. The molecule has 2 rings (SSSR count). The molecule has 9 heteroatoms. The van der Waals surface area contributed by atoms with Gasteiger partial charge in [-0.05, 0) is 50.1 Å². The molecule has 0 aliphatic carbocycles. The maximum Gasteiger partial charge on any atom is 0.416 e. The average molecular weight is 436 g/mol. The molecule has 0 fully saturated rings. The van der Waals surface area contributed by atoms with E-state index in [-0.39, 0.29) is 24.9 Å². The van der Waals surface area contributed by atoms with Crippen LogP contribution in [0.2, 0.25) is 0 Å². The van der Waals surface area contributed by atoms with Gasteiger partial charge in [0.05, 0.1) is 5.56 Å². The molecular formula is C22H23F3N2O4. The van der Waals surface area contributed by atoms with E-state index < -0.39 is 36.1 Å². The molecule has 0 aliphatic rings. The lowest BCUT2D eigenvalue weighted by Gasteiger charge is -2.10. The van der Waals surface area contributed by atoms with E-state index in [1.807, 2.05) is 26.0 Å². The van der Waals surface area contributed by atoms with Crippen LogP contribution < -0.4 is 10.6 Å². The Bertz CT molecular complexity index is 958. The number of nitrogens with one attached hydrogen (secondary N) is 2. The van der Waals surface area contributed by atoms with Crippen LogP contribution >= 0.6 is 0 Å². The monoisotopic (exact) mass is 436 g/mol. The van der Waals surface area contributed by atoms with Crippen LogP contribution in [-0.4, -0.2) is 24.4 Å². The van der Waals surface area contributed by atoms with Gasteiger partial charge in [-0.2, -0.15) is 13.2 Å². The molecule has 0 atom stereocenters. The van der Waals surface area contributed by atoms with Crippen molar-refractivity contribution in [1.82, 2.24) is 0 Å². The van der Waals surface area contributed by atoms with E-state index >= 15 is 0 Å². The Morgan fingerprint density at radius 1 is 0.935 bits per heavy atom. The second kappa shape index (κ2) is 10.6. The number of carbonyl (C=O) groups is 3. The quantitative estimate of drug-likeness (QED) is 0.592. The molecule has 2 amide bonds. The minimum Gasteiger partial charge on any atom is -0.456 e. The molecular weight excluding hydrogens is 413 g/mol. The lowest BCUT2D eigenvalue weighted by Crippen LogP contribution is -2.21. The molecule has 2 aromatic rings. The molecule has 0 unspecified atom stereocenters. The summed E-state index contributed by atoms with van der Waals surface area (Å²) in [5.74, 6) is -1.66. The van der Waals surface area contributed by atoms with Gasteiger partial charge in [0.2, 0.25) is 5.91 Å². The fourth-order valence-electron chi connectivity index (χ4n) is 2.75. The number of alkyl halides is 3. The normalized spacial score (nSPS) is 11.0. The van der Waals surface area contributed by atoms with Gasteiger partial charge in [0.25, 0.3) is 5.91 Å². The molecule has 2 aromatic carbocycles. The molecule has 0 radical (unpaired) electrons. The second-order valence-electron chi connectivity index (χ2n) is 7.01. The van der Waals surface area contributed by atoms with E-state index in [9.17, 15) is 27.6 Å². The van der Waals surface area contributed by atoms with E-state index in [1.54, 1.807) is 6.07 Å². The highest BCUT2D eigenvalue weighted by Crippen LogP contribution is 2.30. The van der Waals surface area contributed by atoms with Crippen LogP contribution in [0.25, 0.3) is 0 Å². The summed E-state index contributed by atoms with van der Waals surface area (Å²) < 4.78 is 43.0. The van der Waals surface area contributed by atoms with Gasteiger partial charge in [0.1, 0.15) is 0 Å². The number of anilines is 2. The summed E-state index contributed by atoms with van der Waals surface area (Å²) in [7, 11) is 0. The molecule has 0 aliphatic heterocycles. The summed E-state index contributed by atoms with van der Waals surface area (Å²) in [5, 5.41) is 5.01. The predicted octanol–water partition coefficient (Wildman–Crippen LogP) is 4.61. The first-order valence-corrected chi connectivity index (χ1v) is 9.54. The highest BCUT2D eigenvalue weighted by Gasteiger charge is 2.30. The van der Waals surface area contributed by atoms with Crippen molar-refractivity contribution in [3.63, 3.8) is 0 Å². The van der Waals surface area contributed by atoms with Crippen LogP contribution in [0, 0.1) is 13.8 Å². The van der Waals surface area contributed by atoms with Crippen LogP contribution in [0.4, 0.5) is 24.5 Å². The summed E-state index contributed by atoms with van der Waals surface area (Å²) in [6.07, 6.45) is -4.57. The summed E-state index contributed by atoms with van der Waals surface area (Å²) >= 11 is 0. The summed E-state index contributed by atoms with van der Waals surface area (Å²) in [6.45, 7) is 3.32. The third kappa shape index (κ3) is 8.12. The van der Waals surface area contributed by atoms with Gasteiger partial charge in [0, 0.05) is 24.2 Å². The van der Waals surface area contributed by atoms with Crippen molar-refractivity contribution in [2.24, 2.45) is 0 Å². The van der Waals surface area contributed by atoms with Gasteiger partial charge in [-0.25, -0.2) is 0 Å². The maximum absolute atomic E-state index is 12.7. The summed E-state index contributed by atoms with van der Waals surface area (Å²) in [6, 6.07) is 9.79. The number of amides is 2. The number of hydrogen-bond donors (Lipinski definition) is 2. The second-order valence-corrected chi connectivity index (χ2v) is 7.01. The van der Waals surface area contributed by atoms with Crippen LogP contribution in [0.1, 0.15) is 36.0 Å². The SMILES string of the molecule is Cc1ccc(NC(=O)COC(=O)CCCC(=O)Nc2cccc(C(F)(F)F)c2)c(C)c1. The molecule has 0 spiro atoms. The van der Waals surface area contributed by atoms with E-state index in [1.165, 1.54) is 12.1 Å².